The van der Waals surface area contributed by atoms with Crippen molar-refractivity contribution in [3.05, 3.63) is 0 Å². The van der Waals surface area contributed by atoms with E-state index >= 15 is 0 Å². The van der Waals surface area contributed by atoms with E-state index in [0.29, 0.717) is 12.0 Å². The molecule has 0 aromatic rings. The molecule has 3 nitrogen and oxygen atoms in total. The highest BCUT2D eigenvalue weighted by atomic mass is 16.5. The first-order valence-corrected chi connectivity index (χ1v) is 8.30. The summed E-state index contributed by atoms with van der Waals surface area (Å²) >= 11 is 0. The van der Waals surface area contributed by atoms with Crippen molar-refractivity contribution in [2.45, 2.75) is 72.8 Å². The van der Waals surface area contributed by atoms with Crippen LogP contribution in [0.25, 0.3) is 0 Å². The Morgan fingerprint density at radius 2 is 1.95 bits per heavy atom. The first kappa shape index (κ1) is 17.5. The Balaban J connectivity index is 2.66. The highest BCUT2D eigenvalue weighted by Crippen LogP contribution is 2.34. The zero-order chi connectivity index (χ0) is 15.2. The number of hydrogen-bond acceptors (Lipinski definition) is 3. The molecule has 1 aliphatic rings. The molecule has 0 spiro atoms. The molecule has 2 unspecified atom stereocenters. The number of likely N-dealkylation sites (tertiary alicyclic amines) is 1. The van der Waals surface area contributed by atoms with Crippen LogP contribution in [0.15, 0.2) is 0 Å². The fraction of sp³-hybridized carbons (Fsp3) is 0.941. The van der Waals surface area contributed by atoms with Gasteiger partial charge in [-0.05, 0) is 57.0 Å². The van der Waals surface area contributed by atoms with E-state index in [0.717, 1.165) is 31.8 Å². The number of hydrogen-bond donors (Lipinski definition) is 0. The van der Waals surface area contributed by atoms with E-state index in [4.69, 9.17) is 4.74 Å². The number of rotatable bonds is 5. The van der Waals surface area contributed by atoms with Crippen LogP contribution in [-0.4, -0.2) is 36.6 Å². The van der Waals surface area contributed by atoms with Gasteiger partial charge in [0, 0.05) is 0 Å². The molecule has 0 saturated carbocycles. The van der Waals surface area contributed by atoms with Crippen molar-refractivity contribution in [1.29, 1.82) is 0 Å². The zero-order valence-corrected chi connectivity index (χ0v) is 14.1. The predicted octanol–water partition coefficient (Wildman–Crippen LogP) is 3.87. The molecule has 0 amide bonds. The van der Waals surface area contributed by atoms with Crippen LogP contribution in [0.1, 0.15) is 66.7 Å². The lowest BCUT2D eigenvalue weighted by Gasteiger charge is -2.31. The molecule has 1 aliphatic heterocycles. The Kier molecular flexibility index (Phi) is 7.01. The molecule has 20 heavy (non-hydrogen) atoms. The summed E-state index contributed by atoms with van der Waals surface area (Å²) in [6.45, 7) is 13.6. The summed E-state index contributed by atoms with van der Waals surface area (Å²) < 4.78 is 5.26. The van der Waals surface area contributed by atoms with Crippen LogP contribution in [0.3, 0.4) is 0 Å². The highest BCUT2D eigenvalue weighted by molar-refractivity contribution is 5.75. The summed E-state index contributed by atoms with van der Waals surface area (Å²) in [7, 11) is 0. The van der Waals surface area contributed by atoms with E-state index in [9.17, 15) is 4.79 Å². The van der Waals surface area contributed by atoms with Crippen molar-refractivity contribution < 1.29 is 9.53 Å². The third kappa shape index (κ3) is 5.08. The molecule has 0 bridgehead atoms. The van der Waals surface area contributed by atoms with E-state index < -0.39 is 0 Å². The third-order valence-corrected chi connectivity index (χ3v) is 4.55. The molecule has 1 saturated heterocycles. The average molecular weight is 283 g/mol. The van der Waals surface area contributed by atoms with Gasteiger partial charge in [-0.1, -0.05) is 34.1 Å². The SMILES string of the molecule is CCCC(C(=O)OCC)N1CCCC(C(C)(C)C)CC1. The van der Waals surface area contributed by atoms with Gasteiger partial charge in [0.1, 0.15) is 6.04 Å². The van der Waals surface area contributed by atoms with Crippen LogP contribution < -0.4 is 0 Å². The van der Waals surface area contributed by atoms with Crippen LogP contribution in [0.4, 0.5) is 0 Å². The molecule has 0 aromatic carbocycles. The maximum Gasteiger partial charge on any atom is 0.323 e. The monoisotopic (exact) mass is 283 g/mol. The van der Waals surface area contributed by atoms with Gasteiger partial charge in [0.25, 0.3) is 0 Å². The Hall–Kier alpha value is -0.570. The summed E-state index contributed by atoms with van der Waals surface area (Å²) in [6.07, 6.45) is 5.62. The molecule has 118 valence electrons. The number of ether oxygens (including phenoxy) is 1. The van der Waals surface area contributed by atoms with Crippen LogP contribution in [0.2, 0.25) is 0 Å². The van der Waals surface area contributed by atoms with Crippen molar-refractivity contribution in [3.8, 4) is 0 Å². The molecule has 2 atom stereocenters. The number of nitrogens with zero attached hydrogens (tertiary/aromatic N) is 1. The standard InChI is InChI=1S/C17H33NO2/c1-6-9-15(16(19)20-7-2)18-12-8-10-14(11-13-18)17(3,4)5/h14-15H,6-13H2,1-5H3. The maximum absolute atomic E-state index is 12.2. The Morgan fingerprint density at radius 1 is 1.25 bits per heavy atom. The van der Waals surface area contributed by atoms with E-state index in [1.807, 2.05) is 6.92 Å². The second-order valence-corrected chi connectivity index (χ2v) is 7.09. The smallest absolute Gasteiger partial charge is 0.323 e. The summed E-state index contributed by atoms with van der Waals surface area (Å²) in [5.74, 6) is 0.737. The van der Waals surface area contributed by atoms with Crippen LogP contribution in [0.5, 0.6) is 0 Å². The van der Waals surface area contributed by atoms with Gasteiger partial charge in [0.15, 0.2) is 0 Å². The molecule has 3 heteroatoms. The van der Waals surface area contributed by atoms with Crippen molar-refractivity contribution >= 4 is 5.97 Å². The summed E-state index contributed by atoms with van der Waals surface area (Å²) in [6, 6.07) is -0.0290. The largest absolute Gasteiger partial charge is 0.465 e. The van der Waals surface area contributed by atoms with Gasteiger partial charge < -0.3 is 4.74 Å². The Bertz CT molecular complexity index is 296. The van der Waals surface area contributed by atoms with Crippen molar-refractivity contribution in [2.24, 2.45) is 11.3 Å². The maximum atomic E-state index is 12.2. The van der Waals surface area contributed by atoms with Crippen molar-refractivity contribution in [1.82, 2.24) is 4.90 Å². The average Bonchev–Trinajstić information content (AvgIpc) is 2.61. The van der Waals surface area contributed by atoms with Gasteiger partial charge in [-0.25, -0.2) is 0 Å². The number of carbonyl (C=O) groups is 1. The topological polar surface area (TPSA) is 29.5 Å². The van der Waals surface area contributed by atoms with E-state index in [-0.39, 0.29) is 12.0 Å². The first-order chi connectivity index (χ1) is 9.40. The lowest BCUT2D eigenvalue weighted by molar-refractivity contribution is -0.149. The van der Waals surface area contributed by atoms with Gasteiger partial charge in [-0.2, -0.15) is 0 Å². The molecular weight excluding hydrogens is 250 g/mol. The van der Waals surface area contributed by atoms with Gasteiger partial charge in [0.05, 0.1) is 6.61 Å². The van der Waals surface area contributed by atoms with Crippen molar-refractivity contribution in [3.63, 3.8) is 0 Å². The van der Waals surface area contributed by atoms with Gasteiger partial charge in [-0.15, -0.1) is 0 Å². The van der Waals surface area contributed by atoms with Gasteiger partial charge >= 0.3 is 5.97 Å². The predicted molar refractivity (Wildman–Crippen MR) is 83.7 cm³/mol. The van der Waals surface area contributed by atoms with Gasteiger partial charge in [-0.3, -0.25) is 9.69 Å². The summed E-state index contributed by atoms with van der Waals surface area (Å²) in [4.78, 5) is 14.5. The molecule has 0 N–H and O–H groups in total. The molecule has 0 aliphatic carbocycles. The molecule has 1 heterocycles. The Labute approximate surface area is 125 Å². The zero-order valence-electron chi connectivity index (χ0n) is 14.1. The minimum atomic E-state index is -0.0290. The second-order valence-electron chi connectivity index (χ2n) is 7.09. The van der Waals surface area contributed by atoms with Crippen LogP contribution >= 0.6 is 0 Å². The molecular formula is C17H33NO2. The fourth-order valence-electron chi connectivity index (χ4n) is 3.26. The number of esters is 1. The number of carbonyl (C=O) groups excluding carboxylic acids is 1. The Morgan fingerprint density at radius 3 is 2.50 bits per heavy atom. The lowest BCUT2D eigenvalue weighted by atomic mass is 9.77. The van der Waals surface area contributed by atoms with E-state index in [2.05, 4.69) is 32.6 Å². The summed E-state index contributed by atoms with van der Waals surface area (Å²) in [5.41, 5.74) is 0.375. The molecule has 0 radical (unpaired) electrons. The molecule has 1 rings (SSSR count). The quantitative estimate of drug-likeness (QED) is 0.717. The van der Waals surface area contributed by atoms with Crippen LogP contribution in [0, 0.1) is 11.3 Å². The second kappa shape index (κ2) is 8.02. The highest BCUT2D eigenvalue weighted by Gasteiger charge is 2.31. The third-order valence-electron chi connectivity index (χ3n) is 4.55. The minimum Gasteiger partial charge on any atom is -0.465 e. The molecule has 1 fully saturated rings. The van der Waals surface area contributed by atoms with Gasteiger partial charge in [0.2, 0.25) is 0 Å². The normalized spacial score (nSPS) is 23.1. The van der Waals surface area contributed by atoms with E-state index in [1.54, 1.807) is 0 Å². The van der Waals surface area contributed by atoms with E-state index in [1.165, 1.54) is 19.3 Å². The first-order valence-electron chi connectivity index (χ1n) is 8.30. The molecule has 0 aromatic heterocycles. The van der Waals surface area contributed by atoms with Crippen molar-refractivity contribution in [2.75, 3.05) is 19.7 Å². The van der Waals surface area contributed by atoms with Crippen LogP contribution in [-0.2, 0) is 9.53 Å². The minimum absolute atomic E-state index is 0.0245. The summed E-state index contributed by atoms with van der Waals surface area (Å²) in [5, 5.41) is 0. The lowest BCUT2D eigenvalue weighted by Crippen LogP contribution is -2.43. The fourth-order valence-corrected chi connectivity index (χ4v) is 3.26.